The average Bonchev–Trinajstić information content (AvgIpc) is 2.54. The molecule has 1 fully saturated rings. The van der Waals surface area contributed by atoms with Crippen molar-refractivity contribution in [3.63, 3.8) is 0 Å². The van der Waals surface area contributed by atoms with E-state index in [4.69, 9.17) is 4.74 Å². The molecule has 1 aliphatic carbocycles. The van der Waals surface area contributed by atoms with Gasteiger partial charge in [-0.1, -0.05) is 31.4 Å². The Kier molecular flexibility index (Phi) is 5.41. The molecule has 0 bridgehead atoms. The number of aliphatic carboxylic acids is 1. The van der Waals surface area contributed by atoms with Gasteiger partial charge in [-0.05, 0) is 31.9 Å². The minimum atomic E-state index is -0.825. The van der Waals surface area contributed by atoms with Crippen LogP contribution in [0.1, 0.15) is 49.4 Å². The predicted molar refractivity (Wildman–Crippen MR) is 83.1 cm³/mol. The van der Waals surface area contributed by atoms with E-state index in [0.717, 1.165) is 19.3 Å². The molecule has 0 aliphatic heterocycles. The Morgan fingerprint density at radius 2 is 1.91 bits per heavy atom. The molecule has 1 aromatic rings. The van der Waals surface area contributed by atoms with Crippen LogP contribution >= 0.6 is 0 Å². The lowest BCUT2D eigenvalue weighted by Gasteiger charge is -2.33. The van der Waals surface area contributed by atoms with Crippen LogP contribution in [0.5, 0.6) is 5.75 Å². The number of carbonyl (C=O) groups excluding carboxylic acids is 1. The number of amides is 1. The lowest BCUT2D eigenvalue weighted by Crippen LogP contribution is -2.44. The molecule has 0 radical (unpaired) electrons. The monoisotopic (exact) mass is 305 g/mol. The van der Waals surface area contributed by atoms with Crippen LogP contribution in [0, 0.1) is 5.41 Å². The Morgan fingerprint density at radius 1 is 1.23 bits per heavy atom. The molecule has 1 amide bonds. The maximum atomic E-state index is 12.4. The van der Waals surface area contributed by atoms with Crippen molar-refractivity contribution in [1.82, 2.24) is 5.32 Å². The predicted octanol–water partition coefficient (Wildman–Crippen LogP) is 2.85. The van der Waals surface area contributed by atoms with Crippen LogP contribution in [0.25, 0.3) is 0 Å². The lowest BCUT2D eigenvalue weighted by atomic mass is 9.74. The van der Waals surface area contributed by atoms with E-state index < -0.39 is 11.4 Å². The van der Waals surface area contributed by atoms with Gasteiger partial charge >= 0.3 is 5.97 Å². The SMILES string of the molecule is CCOc1ccccc1C(=O)NCC1(C(=O)O)CCCCC1. The van der Waals surface area contributed by atoms with Gasteiger partial charge in [0.05, 0.1) is 17.6 Å². The Labute approximate surface area is 130 Å². The minimum Gasteiger partial charge on any atom is -0.493 e. The first-order chi connectivity index (χ1) is 10.6. The number of nitrogens with one attached hydrogen (secondary N) is 1. The first-order valence-electron chi connectivity index (χ1n) is 7.82. The van der Waals surface area contributed by atoms with Crippen molar-refractivity contribution in [3.05, 3.63) is 29.8 Å². The summed E-state index contributed by atoms with van der Waals surface area (Å²) in [5.41, 5.74) is -0.380. The van der Waals surface area contributed by atoms with E-state index in [1.165, 1.54) is 0 Å². The van der Waals surface area contributed by atoms with Gasteiger partial charge in [0.25, 0.3) is 5.91 Å². The van der Waals surface area contributed by atoms with E-state index in [2.05, 4.69) is 5.32 Å². The molecule has 1 aliphatic rings. The number of carboxylic acids is 1. The molecule has 5 nitrogen and oxygen atoms in total. The highest BCUT2D eigenvalue weighted by molar-refractivity contribution is 5.97. The van der Waals surface area contributed by atoms with E-state index >= 15 is 0 Å². The summed E-state index contributed by atoms with van der Waals surface area (Å²) in [6.07, 6.45) is 4.11. The summed E-state index contributed by atoms with van der Waals surface area (Å²) in [4.78, 5) is 24.0. The van der Waals surface area contributed by atoms with Crippen molar-refractivity contribution < 1.29 is 19.4 Å². The second kappa shape index (κ2) is 7.29. The van der Waals surface area contributed by atoms with Crippen molar-refractivity contribution in [2.75, 3.05) is 13.2 Å². The molecule has 0 saturated heterocycles. The van der Waals surface area contributed by atoms with Crippen LogP contribution in [0.2, 0.25) is 0 Å². The summed E-state index contributed by atoms with van der Waals surface area (Å²) in [7, 11) is 0. The van der Waals surface area contributed by atoms with Gasteiger partial charge in [-0.15, -0.1) is 0 Å². The number of hydrogen-bond acceptors (Lipinski definition) is 3. The van der Waals surface area contributed by atoms with Crippen molar-refractivity contribution in [1.29, 1.82) is 0 Å². The molecule has 22 heavy (non-hydrogen) atoms. The second-order valence-electron chi connectivity index (χ2n) is 5.76. The van der Waals surface area contributed by atoms with Gasteiger partial charge in [-0.3, -0.25) is 9.59 Å². The average molecular weight is 305 g/mol. The number of para-hydroxylation sites is 1. The van der Waals surface area contributed by atoms with E-state index in [0.29, 0.717) is 30.8 Å². The van der Waals surface area contributed by atoms with Crippen LogP contribution in [0.3, 0.4) is 0 Å². The van der Waals surface area contributed by atoms with Gasteiger partial charge in [-0.2, -0.15) is 0 Å². The van der Waals surface area contributed by atoms with Crippen LogP contribution in [-0.2, 0) is 4.79 Å². The topological polar surface area (TPSA) is 75.6 Å². The van der Waals surface area contributed by atoms with Crippen molar-refractivity contribution in [3.8, 4) is 5.75 Å². The molecule has 0 spiro atoms. The molecule has 1 aromatic carbocycles. The quantitative estimate of drug-likeness (QED) is 0.847. The molecule has 2 rings (SSSR count). The van der Waals surface area contributed by atoms with Gasteiger partial charge in [0.1, 0.15) is 5.75 Å². The fraction of sp³-hybridized carbons (Fsp3) is 0.529. The van der Waals surface area contributed by atoms with E-state index in [1.807, 2.05) is 13.0 Å². The summed E-state index contributed by atoms with van der Waals surface area (Å²) in [5.74, 6) is -0.573. The molecule has 0 atom stereocenters. The van der Waals surface area contributed by atoms with Gasteiger partial charge in [0.2, 0.25) is 0 Å². The number of hydrogen-bond donors (Lipinski definition) is 2. The fourth-order valence-electron chi connectivity index (χ4n) is 2.98. The van der Waals surface area contributed by atoms with E-state index in [9.17, 15) is 14.7 Å². The molecule has 0 unspecified atom stereocenters. The number of carbonyl (C=O) groups is 2. The molecular weight excluding hydrogens is 282 g/mol. The van der Waals surface area contributed by atoms with Crippen LogP contribution in [0.15, 0.2) is 24.3 Å². The third kappa shape index (κ3) is 3.59. The highest BCUT2D eigenvalue weighted by Gasteiger charge is 2.39. The van der Waals surface area contributed by atoms with Crippen molar-refractivity contribution in [2.45, 2.75) is 39.0 Å². The van der Waals surface area contributed by atoms with Crippen molar-refractivity contribution in [2.24, 2.45) is 5.41 Å². The van der Waals surface area contributed by atoms with Crippen LogP contribution in [-0.4, -0.2) is 30.1 Å². The number of ether oxygens (including phenoxy) is 1. The lowest BCUT2D eigenvalue weighted by molar-refractivity contribution is -0.150. The second-order valence-corrected chi connectivity index (χ2v) is 5.76. The highest BCUT2D eigenvalue weighted by atomic mass is 16.5. The zero-order valence-corrected chi connectivity index (χ0v) is 12.9. The number of carboxylic acid groups (broad SMARTS) is 1. The summed E-state index contributed by atoms with van der Waals surface area (Å²) in [6.45, 7) is 2.50. The Hall–Kier alpha value is -2.04. The van der Waals surface area contributed by atoms with E-state index in [1.54, 1.807) is 18.2 Å². The number of rotatable bonds is 6. The third-order valence-electron chi connectivity index (χ3n) is 4.28. The molecule has 120 valence electrons. The third-order valence-corrected chi connectivity index (χ3v) is 4.28. The largest absolute Gasteiger partial charge is 0.493 e. The maximum absolute atomic E-state index is 12.4. The molecule has 0 heterocycles. The standard InChI is InChI=1S/C17H23NO4/c1-2-22-14-9-5-4-8-13(14)15(19)18-12-17(16(20)21)10-6-3-7-11-17/h4-5,8-9H,2-3,6-7,10-12H2,1H3,(H,18,19)(H,20,21). The van der Waals surface area contributed by atoms with E-state index in [-0.39, 0.29) is 12.5 Å². The first kappa shape index (κ1) is 16.3. The molecule has 5 heteroatoms. The molecule has 1 saturated carbocycles. The summed E-state index contributed by atoms with van der Waals surface area (Å²) < 4.78 is 5.45. The molecule has 0 aromatic heterocycles. The summed E-state index contributed by atoms with van der Waals surface area (Å²) in [6, 6.07) is 7.01. The Morgan fingerprint density at radius 3 is 2.55 bits per heavy atom. The minimum absolute atomic E-state index is 0.168. The Bertz CT molecular complexity index is 535. The first-order valence-corrected chi connectivity index (χ1v) is 7.82. The zero-order chi connectivity index (χ0) is 16.0. The highest BCUT2D eigenvalue weighted by Crippen LogP contribution is 2.36. The zero-order valence-electron chi connectivity index (χ0n) is 12.9. The smallest absolute Gasteiger partial charge is 0.311 e. The van der Waals surface area contributed by atoms with Gasteiger partial charge in [-0.25, -0.2) is 0 Å². The maximum Gasteiger partial charge on any atom is 0.311 e. The van der Waals surface area contributed by atoms with Crippen LogP contribution < -0.4 is 10.1 Å². The fourth-order valence-corrected chi connectivity index (χ4v) is 2.98. The number of benzene rings is 1. The molecule has 2 N–H and O–H groups in total. The van der Waals surface area contributed by atoms with Crippen molar-refractivity contribution >= 4 is 11.9 Å². The summed E-state index contributed by atoms with van der Waals surface area (Å²) >= 11 is 0. The molecular formula is C17H23NO4. The van der Waals surface area contributed by atoms with Crippen LogP contribution in [0.4, 0.5) is 0 Å². The van der Waals surface area contributed by atoms with Gasteiger partial charge in [0.15, 0.2) is 0 Å². The normalized spacial score (nSPS) is 16.8. The van der Waals surface area contributed by atoms with Gasteiger partial charge < -0.3 is 15.2 Å². The van der Waals surface area contributed by atoms with Gasteiger partial charge in [0, 0.05) is 6.54 Å². The Balaban J connectivity index is 2.07. The summed E-state index contributed by atoms with van der Waals surface area (Å²) in [5, 5.41) is 12.3.